The Hall–Kier alpha value is -4.05. The summed E-state index contributed by atoms with van der Waals surface area (Å²) < 4.78 is 10.5. The van der Waals surface area contributed by atoms with Crippen LogP contribution in [0.5, 0.6) is 5.88 Å². The van der Waals surface area contributed by atoms with Crippen LogP contribution >= 0.6 is 0 Å². The van der Waals surface area contributed by atoms with Crippen molar-refractivity contribution in [3.8, 4) is 28.8 Å². The molecule has 0 unspecified atom stereocenters. The summed E-state index contributed by atoms with van der Waals surface area (Å²) in [5, 5.41) is 2.63. The number of hydrogen-bond acceptors (Lipinski definition) is 6. The summed E-state index contributed by atoms with van der Waals surface area (Å²) >= 11 is 0. The molecule has 30 heavy (non-hydrogen) atoms. The number of nitrogens with two attached hydrogens (primary N) is 1. The number of aromatic nitrogens is 2. The van der Waals surface area contributed by atoms with Crippen LogP contribution in [0.3, 0.4) is 0 Å². The van der Waals surface area contributed by atoms with Gasteiger partial charge in [0, 0.05) is 5.92 Å². The van der Waals surface area contributed by atoms with Crippen LogP contribution in [0.2, 0.25) is 0 Å². The zero-order valence-corrected chi connectivity index (χ0v) is 16.4. The van der Waals surface area contributed by atoms with Crippen molar-refractivity contribution in [2.75, 3.05) is 26.0 Å². The molecule has 1 amide bonds. The van der Waals surface area contributed by atoms with Gasteiger partial charge in [0.2, 0.25) is 0 Å². The zero-order valence-electron chi connectivity index (χ0n) is 16.4. The number of methoxy groups -OCH3 is 1. The minimum atomic E-state index is -0.521. The number of carbonyl (C=O) groups excluding carboxylic acids is 1. The largest absolute Gasteiger partial charge is 0.478 e. The molecule has 0 aliphatic heterocycles. The Bertz CT molecular complexity index is 1100. The fourth-order valence-electron chi connectivity index (χ4n) is 3.49. The van der Waals surface area contributed by atoms with E-state index in [2.05, 4.69) is 51.4 Å². The monoisotopic (exact) mass is 400 g/mol. The van der Waals surface area contributed by atoms with Crippen LogP contribution < -0.4 is 15.8 Å². The van der Waals surface area contributed by atoms with Crippen molar-refractivity contribution in [1.29, 1.82) is 0 Å². The molecule has 1 aliphatic rings. The fourth-order valence-corrected chi connectivity index (χ4v) is 3.49. The number of nitrogen functional groups attached to an aromatic ring is 1. The molecule has 0 radical (unpaired) electrons. The van der Waals surface area contributed by atoms with E-state index < -0.39 is 6.09 Å². The van der Waals surface area contributed by atoms with Crippen LogP contribution in [0.4, 0.5) is 10.6 Å². The van der Waals surface area contributed by atoms with Gasteiger partial charge in [0.1, 0.15) is 12.3 Å². The van der Waals surface area contributed by atoms with Crippen LogP contribution in [-0.2, 0) is 4.74 Å². The number of carbonyl (C=O) groups is 1. The Morgan fingerprint density at radius 1 is 1.13 bits per heavy atom. The van der Waals surface area contributed by atoms with E-state index in [-0.39, 0.29) is 30.8 Å². The molecular weight excluding hydrogens is 380 g/mol. The second kappa shape index (κ2) is 8.53. The van der Waals surface area contributed by atoms with Crippen molar-refractivity contribution in [2.24, 2.45) is 0 Å². The number of anilines is 1. The van der Waals surface area contributed by atoms with Crippen LogP contribution in [0, 0.1) is 11.8 Å². The lowest BCUT2D eigenvalue weighted by Gasteiger charge is -2.14. The predicted molar refractivity (Wildman–Crippen MR) is 113 cm³/mol. The van der Waals surface area contributed by atoms with Gasteiger partial charge in [-0.1, -0.05) is 54.5 Å². The number of nitrogens with zero attached hydrogens (tertiary/aromatic N) is 2. The molecule has 4 rings (SSSR count). The van der Waals surface area contributed by atoms with Gasteiger partial charge in [-0.2, -0.15) is 4.98 Å². The maximum Gasteiger partial charge on any atom is 0.407 e. The Morgan fingerprint density at radius 2 is 1.80 bits per heavy atom. The Labute approximate surface area is 174 Å². The second-order valence-electron chi connectivity index (χ2n) is 6.63. The number of nitrogens with one attached hydrogen (secondary N) is 1. The highest BCUT2D eigenvalue weighted by Crippen LogP contribution is 2.44. The van der Waals surface area contributed by atoms with E-state index in [0.717, 1.165) is 0 Å². The van der Waals surface area contributed by atoms with Gasteiger partial charge in [0.25, 0.3) is 5.88 Å². The molecule has 0 bridgehead atoms. The van der Waals surface area contributed by atoms with Crippen molar-refractivity contribution in [2.45, 2.75) is 5.92 Å². The first-order chi connectivity index (χ1) is 14.7. The van der Waals surface area contributed by atoms with Crippen molar-refractivity contribution < 1.29 is 14.3 Å². The number of alkyl carbamates (subject to hydrolysis) is 1. The van der Waals surface area contributed by atoms with E-state index in [4.69, 9.17) is 15.2 Å². The summed E-state index contributed by atoms with van der Waals surface area (Å²) in [5.74, 6) is 6.03. The van der Waals surface area contributed by atoms with Gasteiger partial charge in [0.05, 0.1) is 19.9 Å². The molecule has 1 heterocycles. The lowest BCUT2D eigenvalue weighted by Crippen LogP contribution is -2.26. The summed E-state index contributed by atoms with van der Waals surface area (Å²) in [7, 11) is 1.45. The number of amides is 1. The molecule has 1 aliphatic carbocycles. The van der Waals surface area contributed by atoms with Gasteiger partial charge in [-0.15, -0.1) is 0 Å². The average Bonchev–Trinajstić information content (AvgIpc) is 3.10. The smallest absolute Gasteiger partial charge is 0.407 e. The Morgan fingerprint density at radius 3 is 2.47 bits per heavy atom. The first-order valence-electron chi connectivity index (χ1n) is 9.41. The highest BCUT2D eigenvalue weighted by Gasteiger charge is 2.28. The molecule has 3 aromatic rings. The minimum absolute atomic E-state index is 0.0201. The summed E-state index contributed by atoms with van der Waals surface area (Å²) in [6.45, 7) is 0.374. The number of ether oxygens (including phenoxy) is 2. The van der Waals surface area contributed by atoms with Crippen LogP contribution in [0.25, 0.3) is 11.1 Å². The lowest BCUT2D eigenvalue weighted by molar-refractivity contribution is 0.144. The van der Waals surface area contributed by atoms with E-state index in [1.54, 1.807) is 0 Å². The molecule has 0 saturated heterocycles. The van der Waals surface area contributed by atoms with E-state index in [1.165, 1.54) is 35.6 Å². The maximum atomic E-state index is 12.1. The molecule has 3 N–H and O–H groups in total. The number of fused-ring (bicyclic) bond motifs is 3. The SMILES string of the molecule is COc1nc(C#CCNC(=O)OCC2c3ccccc3-c3ccccc32)cnc1N. The summed E-state index contributed by atoms with van der Waals surface area (Å²) in [6.07, 6.45) is 0.921. The molecule has 7 nitrogen and oxygen atoms in total. The zero-order chi connectivity index (χ0) is 20.9. The maximum absolute atomic E-state index is 12.1. The summed E-state index contributed by atoms with van der Waals surface area (Å²) in [4.78, 5) is 20.2. The van der Waals surface area contributed by atoms with E-state index in [1.807, 2.05) is 24.3 Å². The first kappa shape index (κ1) is 19.3. The van der Waals surface area contributed by atoms with E-state index in [9.17, 15) is 4.79 Å². The molecule has 0 saturated carbocycles. The Balaban J connectivity index is 1.34. The number of hydrogen-bond donors (Lipinski definition) is 2. The molecule has 150 valence electrons. The van der Waals surface area contributed by atoms with Crippen LogP contribution in [-0.4, -0.2) is 36.3 Å². The molecule has 2 aromatic carbocycles. The molecule has 7 heteroatoms. The van der Waals surface area contributed by atoms with Crippen molar-refractivity contribution in [1.82, 2.24) is 15.3 Å². The lowest BCUT2D eigenvalue weighted by atomic mass is 9.98. The van der Waals surface area contributed by atoms with Gasteiger partial charge < -0.3 is 20.5 Å². The molecule has 0 fully saturated rings. The quantitative estimate of drug-likeness (QED) is 0.653. The first-order valence-corrected chi connectivity index (χ1v) is 9.41. The van der Waals surface area contributed by atoms with E-state index in [0.29, 0.717) is 5.69 Å². The van der Waals surface area contributed by atoms with Gasteiger partial charge in [0.15, 0.2) is 5.82 Å². The number of rotatable bonds is 4. The predicted octanol–water partition coefficient (Wildman–Crippen LogP) is 2.96. The second-order valence-corrected chi connectivity index (χ2v) is 6.63. The molecule has 0 atom stereocenters. The normalized spacial score (nSPS) is 11.6. The standard InChI is InChI=1S/C23H20N4O3/c1-29-22-21(24)26-13-15(27-22)7-6-12-25-23(28)30-14-20-18-10-4-2-8-16(18)17-9-3-5-11-19(17)20/h2-5,8-11,13,20H,12,14H2,1H3,(H2,24,26)(H,25,28). The third kappa shape index (κ3) is 3.89. The summed E-state index contributed by atoms with van der Waals surface area (Å²) in [6, 6.07) is 16.4. The topological polar surface area (TPSA) is 99.4 Å². The highest BCUT2D eigenvalue weighted by molar-refractivity contribution is 5.79. The third-order valence-corrected chi connectivity index (χ3v) is 4.84. The number of benzene rings is 2. The van der Waals surface area contributed by atoms with Gasteiger partial charge in [-0.3, -0.25) is 0 Å². The van der Waals surface area contributed by atoms with Gasteiger partial charge in [-0.25, -0.2) is 9.78 Å². The van der Waals surface area contributed by atoms with Crippen molar-refractivity contribution in [3.05, 3.63) is 71.5 Å². The van der Waals surface area contributed by atoms with Gasteiger partial charge in [-0.05, 0) is 28.2 Å². The third-order valence-electron chi connectivity index (χ3n) is 4.84. The molecular formula is C23H20N4O3. The van der Waals surface area contributed by atoms with E-state index >= 15 is 0 Å². The molecule has 0 spiro atoms. The highest BCUT2D eigenvalue weighted by atomic mass is 16.5. The fraction of sp³-hybridized carbons (Fsp3) is 0.174. The van der Waals surface area contributed by atoms with Crippen molar-refractivity contribution >= 4 is 11.9 Å². The van der Waals surface area contributed by atoms with Crippen LogP contribution in [0.15, 0.2) is 54.7 Å². The minimum Gasteiger partial charge on any atom is -0.478 e. The van der Waals surface area contributed by atoms with Crippen LogP contribution in [0.1, 0.15) is 22.7 Å². The van der Waals surface area contributed by atoms with Crippen molar-refractivity contribution in [3.63, 3.8) is 0 Å². The van der Waals surface area contributed by atoms with Gasteiger partial charge >= 0.3 is 6.09 Å². The molecule has 1 aromatic heterocycles. The Kier molecular flexibility index (Phi) is 5.48. The summed E-state index contributed by atoms with van der Waals surface area (Å²) in [5.41, 5.74) is 10.7. The average molecular weight is 400 g/mol.